The Kier molecular flexibility index (Phi) is 5.30. The minimum Gasteiger partial charge on any atom is -0.338 e. The number of carbonyl (C=O) groups is 1. The Bertz CT molecular complexity index is 891. The van der Waals surface area contributed by atoms with Gasteiger partial charge in [-0.1, -0.05) is 5.16 Å². The molecule has 2 aromatic rings. The van der Waals surface area contributed by atoms with Crippen molar-refractivity contribution in [3.8, 4) is 0 Å². The van der Waals surface area contributed by atoms with Gasteiger partial charge in [-0.05, 0) is 26.1 Å². The van der Waals surface area contributed by atoms with Crippen LogP contribution in [0.2, 0.25) is 0 Å². The molecule has 1 aliphatic rings. The van der Waals surface area contributed by atoms with Crippen LogP contribution in [0.3, 0.4) is 0 Å². The fraction of sp³-hybridized carbons (Fsp3) is 0.533. The van der Waals surface area contributed by atoms with Gasteiger partial charge in [-0.2, -0.15) is 4.98 Å². The summed E-state index contributed by atoms with van der Waals surface area (Å²) < 4.78 is 28.6. The van der Waals surface area contributed by atoms with Crippen molar-refractivity contribution >= 4 is 27.2 Å². The van der Waals surface area contributed by atoms with Gasteiger partial charge < -0.3 is 14.7 Å². The third-order valence-electron chi connectivity index (χ3n) is 4.18. The molecule has 1 N–H and O–H groups in total. The summed E-state index contributed by atoms with van der Waals surface area (Å²) in [5.41, 5.74) is 0. The highest BCUT2D eigenvalue weighted by Crippen LogP contribution is 2.23. The zero-order chi connectivity index (χ0) is 18.9. The van der Waals surface area contributed by atoms with Gasteiger partial charge in [0.05, 0.1) is 6.54 Å². The van der Waals surface area contributed by atoms with Gasteiger partial charge in [0.25, 0.3) is 0 Å². The van der Waals surface area contributed by atoms with Crippen LogP contribution in [0.5, 0.6) is 0 Å². The second-order valence-electron chi connectivity index (χ2n) is 6.27. The third-order valence-corrected chi connectivity index (χ3v) is 7.08. The molecular weight excluding hydrogens is 378 g/mol. The van der Waals surface area contributed by atoms with Crippen molar-refractivity contribution in [2.24, 2.45) is 0 Å². The molecule has 0 bridgehead atoms. The van der Waals surface area contributed by atoms with Crippen LogP contribution in [0.4, 0.5) is 4.79 Å². The van der Waals surface area contributed by atoms with Crippen molar-refractivity contribution < 1.29 is 17.7 Å². The lowest BCUT2D eigenvalue weighted by Crippen LogP contribution is -2.51. The topological polar surface area (TPSA) is 109 Å². The minimum absolute atomic E-state index is 0.144. The van der Waals surface area contributed by atoms with Gasteiger partial charge in [0.2, 0.25) is 5.89 Å². The van der Waals surface area contributed by atoms with Gasteiger partial charge in [-0.15, -0.1) is 11.3 Å². The lowest BCUT2D eigenvalue weighted by molar-refractivity contribution is 0.0910. The van der Waals surface area contributed by atoms with E-state index in [0.29, 0.717) is 35.6 Å². The van der Waals surface area contributed by atoms with E-state index in [1.165, 1.54) is 17.6 Å². The Morgan fingerprint density at radius 2 is 2.19 bits per heavy atom. The van der Waals surface area contributed by atoms with Crippen LogP contribution < -0.4 is 5.32 Å². The highest BCUT2D eigenvalue weighted by atomic mass is 32.2. The number of rotatable bonds is 4. The van der Waals surface area contributed by atoms with Crippen LogP contribution in [0.1, 0.15) is 22.6 Å². The maximum absolute atomic E-state index is 12.5. The van der Waals surface area contributed by atoms with Gasteiger partial charge >= 0.3 is 6.03 Å². The number of piperazine rings is 1. The molecule has 9 nitrogen and oxygen atoms in total. The summed E-state index contributed by atoms with van der Waals surface area (Å²) in [4.78, 5) is 21.3. The fourth-order valence-electron chi connectivity index (χ4n) is 2.70. The molecule has 1 unspecified atom stereocenters. The molecule has 11 heteroatoms. The van der Waals surface area contributed by atoms with E-state index in [9.17, 15) is 13.2 Å². The summed E-state index contributed by atoms with van der Waals surface area (Å²) >= 11 is 1.17. The molecule has 142 valence electrons. The lowest BCUT2D eigenvalue weighted by atomic mass is 10.2. The van der Waals surface area contributed by atoms with E-state index in [-0.39, 0.29) is 18.6 Å². The number of hydrogen-bond donors (Lipinski definition) is 1. The molecular formula is C15H21N5O4S2. The molecule has 1 fully saturated rings. The maximum Gasteiger partial charge on any atom is 0.317 e. The van der Waals surface area contributed by atoms with Crippen molar-refractivity contribution in [3.05, 3.63) is 28.7 Å². The lowest BCUT2D eigenvalue weighted by Gasteiger charge is -2.37. The summed E-state index contributed by atoms with van der Waals surface area (Å²) in [6.45, 7) is 3.77. The maximum atomic E-state index is 12.5. The standard InChI is InChI=1S/C15H21N5O4S2/c1-10-17-14(24-18-10)12-9-20(7-6-19(12)2)15(21)16-8-11-4-5-13(25-11)26(3,22)23/h4-5,12H,6-9H2,1-3H3,(H,16,21). The normalized spacial score (nSPS) is 18.9. The van der Waals surface area contributed by atoms with E-state index >= 15 is 0 Å². The van der Waals surface area contributed by atoms with E-state index in [4.69, 9.17) is 4.52 Å². The quantitative estimate of drug-likeness (QED) is 0.818. The number of nitrogens with one attached hydrogen (secondary N) is 1. The molecule has 1 aliphatic heterocycles. The van der Waals surface area contributed by atoms with Crippen molar-refractivity contribution in [2.45, 2.75) is 23.7 Å². The van der Waals surface area contributed by atoms with Gasteiger partial charge in [-0.25, -0.2) is 13.2 Å². The minimum atomic E-state index is -3.22. The molecule has 0 aromatic carbocycles. The Morgan fingerprint density at radius 1 is 1.42 bits per heavy atom. The van der Waals surface area contributed by atoms with Crippen LogP contribution in [0, 0.1) is 6.92 Å². The molecule has 3 rings (SSSR count). The SMILES string of the molecule is Cc1noc(C2CN(C(=O)NCc3ccc(S(C)(=O)=O)s3)CCN2C)n1. The number of amides is 2. The molecule has 26 heavy (non-hydrogen) atoms. The van der Waals surface area contributed by atoms with Gasteiger partial charge in [0, 0.05) is 30.8 Å². The monoisotopic (exact) mass is 399 g/mol. The summed E-state index contributed by atoms with van der Waals surface area (Å²) in [6.07, 6.45) is 1.17. The predicted molar refractivity (Wildman–Crippen MR) is 95.6 cm³/mol. The number of urea groups is 1. The van der Waals surface area contributed by atoms with Crippen molar-refractivity contribution in [1.82, 2.24) is 25.3 Å². The number of nitrogens with zero attached hydrogens (tertiary/aromatic N) is 4. The number of sulfone groups is 1. The molecule has 1 atom stereocenters. The van der Waals surface area contributed by atoms with E-state index in [0.717, 1.165) is 4.88 Å². The molecule has 0 aliphatic carbocycles. The zero-order valence-electron chi connectivity index (χ0n) is 14.8. The van der Waals surface area contributed by atoms with E-state index < -0.39 is 9.84 Å². The molecule has 0 radical (unpaired) electrons. The Labute approximate surface area is 155 Å². The van der Waals surface area contributed by atoms with Crippen LogP contribution in [0.25, 0.3) is 0 Å². The Hall–Kier alpha value is -1.98. The predicted octanol–water partition coefficient (Wildman–Crippen LogP) is 1.04. The average molecular weight is 399 g/mol. The smallest absolute Gasteiger partial charge is 0.317 e. The zero-order valence-corrected chi connectivity index (χ0v) is 16.4. The van der Waals surface area contributed by atoms with Gasteiger partial charge in [0.15, 0.2) is 15.7 Å². The Balaban J connectivity index is 1.60. The number of thiophene rings is 1. The number of likely N-dealkylation sites (N-methyl/N-ethyl adjacent to an activating group) is 1. The first kappa shape index (κ1) is 18.8. The van der Waals surface area contributed by atoms with Crippen molar-refractivity contribution in [3.63, 3.8) is 0 Å². The Morgan fingerprint density at radius 3 is 2.81 bits per heavy atom. The molecule has 1 saturated heterocycles. The summed E-state index contributed by atoms with van der Waals surface area (Å²) in [6, 6.07) is 2.93. The summed E-state index contributed by atoms with van der Waals surface area (Å²) in [5, 5.41) is 6.66. The van der Waals surface area contributed by atoms with E-state index in [1.807, 2.05) is 7.05 Å². The first-order chi connectivity index (χ1) is 12.2. The number of aryl methyl sites for hydroxylation is 1. The summed E-state index contributed by atoms with van der Waals surface area (Å²) in [5.74, 6) is 1.06. The van der Waals surface area contributed by atoms with Crippen molar-refractivity contribution in [1.29, 1.82) is 0 Å². The number of hydrogen-bond acceptors (Lipinski definition) is 8. The van der Waals surface area contributed by atoms with E-state index in [2.05, 4.69) is 20.4 Å². The van der Waals surface area contributed by atoms with Gasteiger partial charge in [0.1, 0.15) is 10.3 Å². The highest BCUT2D eigenvalue weighted by Gasteiger charge is 2.32. The molecule has 0 saturated carbocycles. The third kappa shape index (κ3) is 4.22. The number of aromatic nitrogens is 2. The molecule has 0 spiro atoms. The average Bonchev–Trinajstić information content (AvgIpc) is 3.21. The van der Waals surface area contributed by atoms with E-state index in [1.54, 1.807) is 24.0 Å². The highest BCUT2D eigenvalue weighted by molar-refractivity contribution is 7.92. The molecule has 2 aromatic heterocycles. The van der Waals surface area contributed by atoms with Crippen LogP contribution in [0.15, 0.2) is 20.9 Å². The largest absolute Gasteiger partial charge is 0.338 e. The van der Waals surface area contributed by atoms with Crippen molar-refractivity contribution in [2.75, 3.05) is 32.9 Å². The second kappa shape index (κ2) is 7.33. The van der Waals surface area contributed by atoms with Gasteiger partial charge in [-0.3, -0.25) is 4.90 Å². The van der Waals surface area contributed by atoms with Crippen LogP contribution >= 0.6 is 11.3 Å². The first-order valence-electron chi connectivity index (χ1n) is 8.06. The first-order valence-corrected chi connectivity index (χ1v) is 10.8. The fourth-order valence-corrected chi connectivity index (χ4v) is 4.62. The van der Waals surface area contributed by atoms with Crippen LogP contribution in [-0.2, 0) is 16.4 Å². The second-order valence-corrected chi connectivity index (χ2v) is 9.68. The number of carbonyl (C=O) groups excluding carboxylic acids is 1. The molecule has 2 amide bonds. The summed E-state index contributed by atoms with van der Waals surface area (Å²) in [7, 11) is -1.26. The van der Waals surface area contributed by atoms with Crippen LogP contribution in [-0.4, -0.2) is 67.3 Å². The molecule has 3 heterocycles.